The van der Waals surface area contributed by atoms with Gasteiger partial charge >= 0.3 is 0 Å². The molecule has 1 amide bonds. The highest BCUT2D eigenvalue weighted by Gasteiger charge is 2.08. The highest BCUT2D eigenvalue weighted by Crippen LogP contribution is 2.06. The first-order chi connectivity index (χ1) is 6.49. The van der Waals surface area contributed by atoms with Crippen LogP contribution in [0.3, 0.4) is 0 Å². The Balaban J connectivity index is 2.81. The van der Waals surface area contributed by atoms with Gasteiger partial charge in [-0.3, -0.25) is 4.79 Å². The molecule has 1 unspecified atom stereocenters. The van der Waals surface area contributed by atoms with Crippen LogP contribution in [-0.4, -0.2) is 21.9 Å². The van der Waals surface area contributed by atoms with Crippen LogP contribution in [0, 0.1) is 13.8 Å². The number of hydrogen-bond donors (Lipinski definition) is 2. The van der Waals surface area contributed by atoms with E-state index in [4.69, 9.17) is 5.73 Å². The molecular weight excluding hydrogens is 180 g/mol. The van der Waals surface area contributed by atoms with Crippen LogP contribution in [0.15, 0.2) is 6.07 Å². The van der Waals surface area contributed by atoms with Gasteiger partial charge in [-0.2, -0.15) is 0 Å². The average molecular weight is 194 g/mol. The predicted molar refractivity (Wildman–Crippen MR) is 53.8 cm³/mol. The summed E-state index contributed by atoms with van der Waals surface area (Å²) >= 11 is 0. The molecule has 5 nitrogen and oxygen atoms in total. The zero-order chi connectivity index (χ0) is 10.7. The molecule has 5 heteroatoms. The maximum absolute atomic E-state index is 10.8. The van der Waals surface area contributed by atoms with Crippen molar-refractivity contribution in [3.05, 3.63) is 17.6 Å². The van der Waals surface area contributed by atoms with Crippen LogP contribution < -0.4 is 11.1 Å². The van der Waals surface area contributed by atoms with Crippen molar-refractivity contribution in [1.82, 2.24) is 9.97 Å². The maximum atomic E-state index is 10.8. The fourth-order valence-electron chi connectivity index (χ4n) is 1.08. The normalized spacial score (nSPS) is 12.2. The summed E-state index contributed by atoms with van der Waals surface area (Å²) in [6.07, 6.45) is 0. The Labute approximate surface area is 82.7 Å². The van der Waals surface area contributed by atoms with Gasteiger partial charge in [-0.05, 0) is 20.8 Å². The molecule has 0 radical (unpaired) electrons. The molecule has 76 valence electrons. The zero-order valence-corrected chi connectivity index (χ0v) is 8.53. The van der Waals surface area contributed by atoms with Gasteiger partial charge in [0.25, 0.3) is 0 Å². The van der Waals surface area contributed by atoms with Gasteiger partial charge in [0, 0.05) is 11.8 Å². The first-order valence-electron chi connectivity index (χ1n) is 4.37. The molecule has 0 bridgehead atoms. The molecule has 0 saturated heterocycles. The molecule has 1 atom stereocenters. The van der Waals surface area contributed by atoms with Gasteiger partial charge in [-0.25, -0.2) is 9.97 Å². The molecule has 3 N–H and O–H groups in total. The van der Waals surface area contributed by atoms with Crippen molar-refractivity contribution in [1.29, 1.82) is 0 Å². The van der Waals surface area contributed by atoms with E-state index < -0.39 is 11.9 Å². The van der Waals surface area contributed by atoms with Gasteiger partial charge in [0.1, 0.15) is 17.7 Å². The molecule has 1 aromatic rings. The van der Waals surface area contributed by atoms with Gasteiger partial charge in [0.2, 0.25) is 5.91 Å². The van der Waals surface area contributed by atoms with Crippen molar-refractivity contribution in [3.63, 3.8) is 0 Å². The number of primary amides is 1. The lowest BCUT2D eigenvalue weighted by atomic mass is 10.3. The second-order valence-electron chi connectivity index (χ2n) is 3.21. The fraction of sp³-hybridized carbons (Fsp3) is 0.444. The largest absolute Gasteiger partial charge is 0.368 e. The van der Waals surface area contributed by atoms with E-state index >= 15 is 0 Å². The minimum Gasteiger partial charge on any atom is -0.368 e. The molecule has 0 aliphatic heterocycles. The monoisotopic (exact) mass is 194 g/mol. The second kappa shape index (κ2) is 4.04. The van der Waals surface area contributed by atoms with Crippen LogP contribution in [-0.2, 0) is 4.79 Å². The Hall–Kier alpha value is -1.65. The maximum Gasteiger partial charge on any atom is 0.239 e. The lowest BCUT2D eigenvalue weighted by Crippen LogP contribution is -2.32. The topological polar surface area (TPSA) is 80.9 Å². The smallest absolute Gasteiger partial charge is 0.239 e. The summed E-state index contributed by atoms with van der Waals surface area (Å²) in [6.45, 7) is 5.36. The molecule has 1 rings (SSSR count). The number of nitrogens with one attached hydrogen (secondary N) is 1. The van der Waals surface area contributed by atoms with Gasteiger partial charge in [0.15, 0.2) is 0 Å². The van der Waals surface area contributed by atoms with E-state index in [0.29, 0.717) is 11.6 Å². The summed E-state index contributed by atoms with van der Waals surface area (Å²) in [6, 6.07) is 1.34. The lowest BCUT2D eigenvalue weighted by Gasteiger charge is -2.11. The van der Waals surface area contributed by atoms with Crippen molar-refractivity contribution in [2.24, 2.45) is 5.73 Å². The Bertz CT molecular complexity index is 330. The number of hydrogen-bond acceptors (Lipinski definition) is 4. The van der Waals surface area contributed by atoms with Gasteiger partial charge in [-0.1, -0.05) is 0 Å². The SMILES string of the molecule is Cc1cc(NC(C)C(N)=O)nc(C)n1. The van der Waals surface area contributed by atoms with E-state index in [2.05, 4.69) is 15.3 Å². The van der Waals surface area contributed by atoms with Gasteiger partial charge in [-0.15, -0.1) is 0 Å². The third kappa shape index (κ3) is 2.69. The van der Waals surface area contributed by atoms with Gasteiger partial charge < -0.3 is 11.1 Å². The molecule has 14 heavy (non-hydrogen) atoms. The summed E-state index contributed by atoms with van der Waals surface area (Å²) in [4.78, 5) is 19.0. The first kappa shape index (κ1) is 10.4. The summed E-state index contributed by atoms with van der Waals surface area (Å²) in [7, 11) is 0. The summed E-state index contributed by atoms with van der Waals surface area (Å²) in [5, 5.41) is 2.90. The van der Waals surface area contributed by atoms with Crippen LogP contribution >= 0.6 is 0 Å². The molecule has 0 aliphatic rings. The highest BCUT2D eigenvalue weighted by molar-refractivity contribution is 5.82. The number of carbonyl (C=O) groups is 1. The van der Waals surface area contributed by atoms with E-state index in [0.717, 1.165) is 5.69 Å². The van der Waals surface area contributed by atoms with E-state index in [1.54, 1.807) is 19.9 Å². The highest BCUT2D eigenvalue weighted by atomic mass is 16.1. The molecule has 0 fully saturated rings. The molecular formula is C9H14N4O. The quantitative estimate of drug-likeness (QED) is 0.728. The number of rotatable bonds is 3. The van der Waals surface area contributed by atoms with Crippen molar-refractivity contribution >= 4 is 11.7 Å². The number of aryl methyl sites for hydroxylation is 2. The van der Waals surface area contributed by atoms with Crippen molar-refractivity contribution < 1.29 is 4.79 Å². The van der Waals surface area contributed by atoms with Crippen LogP contribution in [0.5, 0.6) is 0 Å². The molecule has 0 aliphatic carbocycles. The molecule has 1 heterocycles. The average Bonchev–Trinajstić information content (AvgIpc) is 2.01. The van der Waals surface area contributed by atoms with Crippen LogP contribution in [0.1, 0.15) is 18.4 Å². The van der Waals surface area contributed by atoms with Crippen LogP contribution in [0.2, 0.25) is 0 Å². The zero-order valence-electron chi connectivity index (χ0n) is 8.53. The van der Waals surface area contributed by atoms with Crippen molar-refractivity contribution in [3.8, 4) is 0 Å². The van der Waals surface area contributed by atoms with E-state index in [-0.39, 0.29) is 0 Å². The second-order valence-corrected chi connectivity index (χ2v) is 3.21. The van der Waals surface area contributed by atoms with Crippen LogP contribution in [0.25, 0.3) is 0 Å². The Morgan fingerprint density at radius 1 is 1.50 bits per heavy atom. The predicted octanol–water partition coefficient (Wildman–Crippen LogP) is 0.379. The lowest BCUT2D eigenvalue weighted by molar-refractivity contribution is -0.118. The molecule has 0 spiro atoms. The molecule has 0 aromatic carbocycles. The Morgan fingerprint density at radius 3 is 2.64 bits per heavy atom. The van der Waals surface area contributed by atoms with E-state index in [9.17, 15) is 4.79 Å². The number of aromatic nitrogens is 2. The third-order valence-corrected chi connectivity index (χ3v) is 1.76. The fourth-order valence-corrected chi connectivity index (χ4v) is 1.08. The third-order valence-electron chi connectivity index (χ3n) is 1.76. The molecule has 0 saturated carbocycles. The number of nitrogens with zero attached hydrogens (tertiary/aromatic N) is 2. The molecule has 1 aromatic heterocycles. The minimum atomic E-state index is -0.427. The summed E-state index contributed by atoms with van der Waals surface area (Å²) in [5.74, 6) is 0.893. The standard InChI is InChI=1S/C9H14N4O/c1-5-4-8(13-7(3)11-5)12-6(2)9(10)14/h4,6H,1-3H3,(H2,10,14)(H,11,12,13). The minimum absolute atomic E-state index is 0.404. The van der Waals surface area contributed by atoms with Crippen molar-refractivity contribution in [2.45, 2.75) is 26.8 Å². The summed E-state index contributed by atoms with van der Waals surface area (Å²) < 4.78 is 0. The van der Waals surface area contributed by atoms with Crippen LogP contribution in [0.4, 0.5) is 5.82 Å². The summed E-state index contributed by atoms with van der Waals surface area (Å²) in [5.41, 5.74) is 5.97. The van der Waals surface area contributed by atoms with E-state index in [1.165, 1.54) is 0 Å². The van der Waals surface area contributed by atoms with Crippen molar-refractivity contribution in [2.75, 3.05) is 5.32 Å². The Morgan fingerprint density at radius 2 is 2.14 bits per heavy atom. The van der Waals surface area contributed by atoms with E-state index in [1.807, 2.05) is 6.92 Å². The number of carbonyl (C=O) groups excluding carboxylic acids is 1. The number of anilines is 1. The number of amides is 1. The Kier molecular flexibility index (Phi) is 3.01. The van der Waals surface area contributed by atoms with Gasteiger partial charge in [0.05, 0.1) is 0 Å². The first-order valence-corrected chi connectivity index (χ1v) is 4.37. The number of nitrogens with two attached hydrogens (primary N) is 1.